The van der Waals surface area contributed by atoms with Crippen LogP contribution in [0.1, 0.15) is 12.8 Å². The lowest BCUT2D eigenvalue weighted by Crippen LogP contribution is -2.28. The summed E-state index contributed by atoms with van der Waals surface area (Å²) in [6, 6.07) is 14.5. The van der Waals surface area contributed by atoms with E-state index in [0.717, 1.165) is 35.4 Å². The van der Waals surface area contributed by atoms with Crippen LogP contribution in [-0.2, 0) is 0 Å². The number of fused-ring (bicyclic) bond motifs is 1. The van der Waals surface area contributed by atoms with Crippen molar-refractivity contribution in [3.8, 4) is 11.6 Å². The molecule has 3 nitrogen and oxygen atoms in total. The third kappa shape index (κ3) is 2.99. The molecule has 1 saturated heterocycles. The van der Waals surface area contributed by atoms with E-state index in [1.54, 1.807) is 12.1 Å². The van der Waals surface area contributed by atoms with Gasteiger partial charge in [0.2, 0.25) is 0 Å². The molecule has 1 atom stereocenters. The third-order valence-electron chi connectivity index (χ3n) is 4.41. The Morgan fingerprint density at radius 1 is 1.17 bits per heavy atom. The molecule has 0 amide bonds. The van der Waals surface area contributed by atoms with Crippen molar-refractivity contribution >= 4 is 22.5 Å². The number of halogens is 2. The van der Waals surface area contributed by atoms with Gasteiger partial charge in [-0.05, 0) is 61.9 Å². The fraction of sp³-hybridized carbons (Fsp3) is 0.263. The monoisotopic (exact) mass is 344 g/mol. The lowest BCUT2D eigenvalue weighted by Gasteiger charge is -2.15. The second-order valence-corrected chi connectivity index (χ2v) is 6.54. The molecule has 5 heteroatoms. The summed E-state index contributed by atoms with van der Waals surface area (Å²) in [6.07, 6.45) is 2.31. The summed E-state index contributed by atoms with van der Waals surface area (Å²) in [5.74, 6) is 0.489. The topological polar surface area (TPSA) is 26.2 Å². The van der Waals surface area contributed by atoms with Crippen LogP contribution < -0.4 is 10.1 Å². The van der Waals surface area contributed by atoms with Gasteiger partial charge in [-0.3, -0.25) is 4.57 Å². The van der Waals surface area contributed by atoms with E-state index in [1.165, 1.54) is 18.6 Å². The zero-order valence-electron chi connectivity index (χ0n) is 13.1. The summed E-state index contributed by atoms with van der Waals surface area (Å²) in [6.45, 7) is 1.66. The van der Waals surface area contributed by atoms with E-state index in [0.29, 0.717) is 17.7 Å². The maximum Gasteiger partial charge on any atom is 0.199 e. The van der Waals surface area contributed by atoms with E-state index in [9.17, 15) is 4.39 Å². The van der Waals surface area contributed by atoms with E-state index in [-0.39, 0.29) is 5.82 Å². The molecule has 0 bridgehead atoms. The molecule has 1 aromatic heterocycles. The quantitative estimate of drug-likeness (QED) is 0.751. The number of nitrogens with zero attached hydrogens (tertiary/aromatic N) is 1. The highest BCUT2D eigenvalue weighted by molar-refractivity contribution is 6.31. The average Bonchev–Trinajstić information content (AvgIpc) is 3.20. The van der Waals surface area contributed by atoms with Gasteiger partial charge in [0.1, 0.15) is 12.4 Å². The lowest BCUT2D eigenvalue weighted by atomic mass is 10.2. The minimum absolute atomic E-state index is 0.254. The van der Waals surface area contributed by atoms with Crippen LogP contribution in [0.2, 0.25) is 5.02 Å². The van der Waals surface area contributed by atoms with Crippen LogP contribution in [-0.4, -0.2) is 23.8 Å². The van der Waals surface area contributed by atoms with Gasteiger partial charge < -0.3 is 10.1 Å². The maximum atomic E-state index is 13.3. The van der Waals surface area contributed by atoms with Crippen LogP contribution in [0.4, 0.5) is 4.39 Å². The van der Waals surface area contributed by atoms with Crippen LogP contribution >= 0.6 is 11.6 Å². The van der Waals surface area contributed by atoms with Gasteiger partial charge in [0.15, 0.2) is 5.88 Å². The Morgan fingerprint density at radius 3 is 2.75 bits per heavy atom. The first-order valence-electron chi connectivity index (χ1n) is 8.14. The number of hydrogen-bond donors (Lipinski definition) is 1. The minimum atomic E-state index is -0.254. The highest BCUT2D eigenvalue weighted by Crippen LogP contribution is 2.31. The molecule has 2 heterocycles. The number of ether oxygens (including phenoxy) is 1. The third-order valence-corrected chi connectivity index (χ3v) is 4.64. The largest absolute Gasteiger partial charge is 0.477 e. The second-order valence-electron chi connectivity index (χ2n) is 6.10. The smallest absolute Gasteiger partial charge is 0.199 e. The molecule has 2 aromatic carbocycles. The molecule has 4 rings (SSSR count). The zero-order chi connectivity index (χ0) is 16.5. The first kappa shape index (κ1) is 15.5. The van der Waals surface area contributed by atoms with Crippen molar-refractivity contribution in [2.45, 2.75) is 18.9 Å². The predicted octanol–water partition coefficient (Wildman–Crippen LogP) is 4.55. The minimum Gasteiger partial charge on any atom is -0.477 e. The van der Waals surface area contributed by atoms with Crippen molar-refractivity contribution in [1.29, 1.82) is 0 Å². The number of benzene rings is 2. The van der Waals surface area contributed by atoms with Gasteiger partial charge in [0.05, 0.1) is 5.52 Å². The predicted molar refractivity (Wildman–Crippen MR) is 94.8 cm³/mol. The van der Waals surface area contributed by atoms with E-state index >= 15 is 0 Å². The van der Waals surface area contributed by atoms with Crippen molar-refractivity contribution in [2.24, 2.45) is 0 Å². The van der Waals surface area contributed by atoms with Crippen LogP contribution in [0.15, 0.2) is 48.5 Å². The van der Waals surface area contributed by atoms with E-state index in [2.05, 4.69) is 5.32 Å². The Bertz CT molecular complexity index is 854. The highest BCUT2D eigenvalue weighted by atomic mass is 35.5. The average molecular weight is 345 g/mol. The van der Waals surface area contributed by atoms with Crippen LogP contribution in [0.25, 0.3) is 16.6 Å². The molecule has 1 aliphatic heterocycles. The maximum absolute atomic E-state index is 13.3. The number of nitrogens with one attached hydrogen (secondary N) is 1. The fourth-order valence-electron chi connectivity index (χ4n) is 3.21. The van der Waals surface area contributed by atoms with Crippen molar-refractivity contribution < 1.29 is 9.13 Å². The SMILES string of the molecule is Fc1ccc(-n2c(OC[C@H]3CCCN3)cc3cc(Cl)ccc32)cc1. The molecule has 24 heavy (non-hydrogen) atoms. The molecule has 0 spiro atoms. The van der Waals surface area contributed by atoms with Gasteiger partial charge in [0.25, 0.3) is 0 Å². The number of rotatable bonds is 4. The molecular formula is C19H18ClFN2O. The summed E-state index contributed by atoms with van der Waals surface area (Å²) in [7, 11) is 0. The normalized spacial score (nSPS) is 17.5. The molecular weight excluding hydrogens is 327 g/mol. The van der Waals surface area contributed by atoms with Gasteiger partial charge in [-0.1, -0.05) is 11.6 Å². The van der Waals surface area contributed by atoms with Crippen molar-refractivity contribution in [3.05, 3.63) is 59.4 Å². The Morgan fingerprint density at radius 2 is 2.00 bits per heavy atom. The summed E-state index contributed by atoms with van der Waals surface area (Å²) >= 11 is 6.12. The Balaban J connectivity index is 1.75. The van der Waals surface area contributed by atoms with Crippen molar-refractivity contribution in [2.75, 3.05) is 13.2 Å². The van der Waals surface area contributed by atoms with Gasteiger partial charge in [-0.25, -0.2) is 4.39 Å². The van der Waals surface area contributed by atoms with E-state index in [4.69, 9.17) is 16.3 Å². The molecule has 0 radical (unpaired) electrons. The molecule has 0 unspecified atom stereocenters. The first-order valence-corrected chi connectivity index (χ1v) is 8.52. The molecule has 1 fully saturated rings. The molecule has 3 aromatic rings. The molecule has 0 aliphatic carbocycles. The van der Waals surface area contributed by atoms with Crippen LogP contribution in [0.5, 0.6) is 5.88 Å². The van der Waals surface area contributed by atoms with Gasteiger partial charge in [-0.15, -0.1) is 0 Å². The summed E-state index contributed by atoms with van der Waals surface area (Å²) in [4.78, 5) is 0. The second kappa shape index (κ2) is 6.46. The summed E-state index contributed by atoms with van der Waals surface area (Å²) in [5.41, 5.74) is 1.85. The van der Waals surface area contributed by atoms with E-state index in [1.807, 2.05) is 28.8 Å². The van der Waals surface area contributed by atoms with Gasteiger partial charge in [0, 0.05) is 28.2 Å². The highest BCUT2D eigenvalue weighted by Gasteiger charge is 2.17. The lowest BCUT2D eigenvalue weighted by molar-refractivity contribution is 0.264. The standard InChI is InChI=1S/C19H18ClFN2O/c20-14-3-8-18-13(10-14)11-19(24-12-16-2-1-9-22-16)23(18)17-6-4-15(21)5-7-17/h3-8,10-11,16,22H,1-2,9,12H2/t16-/m1/s1. The van der Waals surface area contributed by atoms with Crippen molar-refractivity contribution in [3.63, 3.8) is 0 Å². The van der Waals surface area contributed by atoms with Crippen LogP contribution in [0.3, 0.4) is 0 Å². The van der Waals surface area contributed by atoms with Crippen molar-refractivity contribution in [1.82, 2.24) is 9.88 Å². The number of aromatic nitrogens is 1. The fourth-order valence-corrected chi connectivity index (χ4v) is 3.39. The Kier molecular flexibility index (Phi) is 4.17. The van der Waals surface area contributed by atoms with Gasteiger partial charge >= 0.3 is 0 Å². The summed E-state index contributed by atoms with van der Waals surface area (Å²) < 4.78 is 21.4. The zero-order valence-corrected chi connectivity index (χ0v) is 13.9. The molecule has 1 aliphatic rings. The van der Waals surface area contributed by atoms with Crippen LogP contribution in [0, 0.1) is 5.82 Å². The Hall–Kier alpha value is -2.04. The molecule has 0 saturated carbocycles. The first-order chi connectivity index (χ1) is 11.7. The Labute approximate surface area is 145 Å². The molecule has 124 valence electrons. The number of hydrogen-bond acceptors (Lipinski definition) is 2. The molecule has 1 N–H and O–H groups in total. The summed E-state index contributed by atoms with van der Waals surface area (Å²) in [5, 5.41) is 5.12. The van der Waals surface area contributed by atoms with Gasteiger partial charge in [-0.2, -0.15) is 0 Å². The van der Waals surface area contributed by atoms with E-state index < -0.39 is 0 Å².